The van der Waals surface area contributed by atoms with Crippen molar-refractivity contribution in [3.05, 3.63) is 35.4 Å². The second-order valence-corrected chi connectivity index (χ2v) is 8.06. The minimum absolute atomic E-state index is 0.0245. The minimum Gasteiger partial charge on any atom is -0.353 e. The molecular formula is C22H34N4O2. The number of hydrogen-bond acceptors (Lipinski definition) is 3. The SMILES string of the molecule is O=C(CCNC(=O)NCc1ccc(CN2CCCCC2)cc1)NC1CCCC1. The second-order valence-electron chi connectivity index (χ2n) is 8.06. The van der Waals surface area contributed by atoms with E-state index in [9.17, 15) is 9.59 Å². The number of likely N-dealkylation sites (tertiary alicyclic amines) is 1. The summed E-state index contributed by atoms with van der Waals surface area (Å²) < 4.78 is 0. The van der Waals surface area contributed by atoms with Gasteiger partial charge in [-0.15, -0.1) is 0 Å². The van der Waals surface area contributed by atoms with Crippen molar-refractivity contribution in [1.29, 1.82) is 0 Å². The van der Waals surface area contributed by atoms with Crippen molar-refractivity contribution in [2.45, 2.75) is 70.5 Å². The Balaban J connectivity index is 1.28. The Labute approximate surface area is 168 Å². The lowest BCUT2D eigenvalue weighted by molar-refractivity contribution is -0.121. The number of hydrogen-bond donors (Lipinski definition) is 3. The standard InChI is InChI=1S/C22H34N4O2/c27-21(25-20-6-2-3-7-20)12-13-23-22(28)24-16-18-8-10-19(11-9-18)17-26-14-4-1-5-15-26/h8-11,20H,1-7,12-17H2,(H,25,27)(H2,23,24,28). The normalized spacial score (nSPS) is 18.0. The van der Waals surface area contributed by atoms with Gasteiger partial charge in [-0.25, -0.2) is 4.79 Å². The Kier molecular flexibility index (Phi) is 8.15. The fourth-order valence-electron chi connectivity index (χ4n) is 4.04. The summed E-state index contributed by atoms with van der Waals surface area (Å²) in [7, 11) is 0. The van der Waals surface area contributed by atoms with E-state index in [1.807, 2.05) is 0 Å². The molecule has 6 nitrogen and oxygen atoms in total. The molecule has 28 heavy (non-hydrogen) atoms. The van der Waals surface area contributed by atoms with E-state index in [-0.39, 0.29) is 11.9 Å². The molecule has 3 rings (SSSR count). The van der Waals surface area contributed by atoms with Gasteiger partial charge in [-0.05, 0) is 49.9 Å². The van der Waals surface area contributed by atoms with Crippen molar-refractivity contribution in [2.75, 3.05) is 19.6 Å². The van der Waals surface area contributed by atoms with Crippen LogP contribution in [0.25, 0.3) is 0 Å². The van der Waals surface area contributed by atoms with E-state index in [2.05, 4.69) is 45.1 Å². The molecule has 1 aliphatic carbocycles. The quantitative estimate of drug-likeness (QED) is 0.643. The van der Waals surface area contributed by atoms with Gasteiger partial charge in [0.25, 0.3) is 0 Å². The zero-order valence-electron chi connectivity index (χ0n) is 16.8. The highest BCUT2D eigenvalue weighted by molar-refractivity contribution is 5.78. The first kappa shape index (κ1) is 20.6. The Morgan fingerprint density at radius 3 is 2.29 bits per heavy atom. The van der Waals surface area contributed by atoms with Crippen LogP contribution in [0.4, 0.5) is 4.79 Å². The maximum absolute atomic E-state index is 11.9. The highest BCUT2D eigenvalue weighted by Crippen LogP contribution is 2.17. The molecule has 1 heterocycles. The third-order valence-corrected chi connectivity index (χ3v) is 5.69. The summed E-state index contributed by atoms with van der Waals surface area (Å²) in [4.78, 5) is 26.3. The summed E-state index contributed by atoms with van der Waals surface area (Å²) in [6.07, 6.45) is 8.85. The van der Waals surface area contributed by atoms with Crippen molar-refractivity contribution >= 4 is 11.9 Å². The number of rotatable bonds is 8. The minimum atomic E-state index is -0.231. The van der Waals surface area contributed by atoms with Gasteiger partial charge in [0, 0.05) is 32.1 Å². The van der Waals surface area contributed by atoms with Gasteiger partial charge >= 0.3 is 6.03 Å². The molecule has 1 aliphatic heterocycles. The third-order valence-electron chi connectivity index (χ3n) is 5.69. The molecule has 1 aromatic rings. The molecule has 0 spiro atoms. The number of amides is 3. The predicted octanol–water partition coefficient (Wildman–Crippen LogP) is 2.92. The fourth-order valence-corrected chi connectivity index (χ4v) is 4.04. The largest absolute Gasteiger partial charge is 0.353 e. The molecule has 0 bridgehead atoms. The van der Waals surface area contributed by atoms with Crippen LogP contribution in [0.15, 0.2) is 24.3 Å². The number of piperidine rings is 1. The van der Waals surface area contributed by atoms with E-state index in [1.165, 1.54) is 50.8 Å². The molecule has 0 atom stereocenters. The van der Waals surface area contributed by atoms with Crippen LogP contribution in [0, 0.1) is 0 Å². The summed E-state index contributed by atoms with van der Waals surface area (Å²) in [5.74, 6) is 0.0245. The van der Waals surface area contributed by atoms with Crippen LogP contribution in [0.3, 0.4) is 0 Å². The van der Waals surface area contributed by atoms with Crippen LogP contribution < -0.4 is 16.0 Å². The van der Waals surface area contributed by atoms with E-state index in [0.29, 0.717) is 25.6 Å². The first-order valence-electron chi connectivity index (χ1n) is 10.8. The van der Waals surface area contributed by atoms with Crippen LogP contribution in [0.1, 0.15) is 62.5 Å². The van der Waals surface area contributed by atoms with E-state index in [4.69, 9.17) is 0 Å². The topological polar surface area (TPSA) is 73.5 Å². The van der Waals surface area contributed by atoms with Gasteiger partial charge in [0.2, 0.25) is 5.91 Å². The predicted molar refractivity (Wildman–Crippen MR) is 111 cm³/mol. The van der Waals surface area contributed by atoms with E-state index < -0.39 is 0 Å². The zero-order chi connectivity index (χ0) is 19.6. The lowest BCUT2D eigenvalue weighted by Gasteiger charge is -2.26. The monoisotopic (exact) mass is 386 g/mol. The average molecular weight is 387 g/mol. The van der Waals surface area contributed by atoms with Crippen molar-refractivity contribution in [1.82, 2.24) is 20.9 Å². The van der Waals surface area contributed by atoms with Gasteiger partial charge in [-0.2, -0.15) is 0 Å². The smallest absolute Gasteiger partial charge is 0.315 e. The molecule has 3 amide bonds. The van der Waals surface area contributed by atoms with Crippen LogP contribution in [-0.4, -0.2) is 42.5 Å². The zero-order valence-corrected chi connectivity index (χ0v) is 16.8. The molecule has 154 valence electrons. The molecule has 0 radical (unpaired) electrons. The third kappa shape index (κ3) is 7.15. The summed E-state index contributed by atoms with van der Waals surface area (Å²) in [5, 5.41) is 8.64. The van der Waals surface area contributed by atoms with Gasteiger partial charge in [0.15, 0.2) is 0 Å². The Bertz CT molecular complexity index is 620. The van der Waals surface area contributed by atoms with E-state index in [0.717, 1.165) is 24.9 Å². The van der Waals surface area contributed by atoms with Crippen molar-refractivity contribution in [3.63, 3.8) is 0 Å². The summed E-state index contributed by atoms with van der Waals surface area (Å²) >= 11 is 0. The lowest BCUT2D eigenvalue weighted by atomic mass is 10.1. The summed E-state index contributed by atoms with van der Waals surface area (Å²) in [6, 6.07) is 8.56. The van der Waals surface area contributed by atoms with Gasteiger partial charge in [-0.3, -0.25) is 9.69 Å². The van der Waals surface area contributed by atoms with E-state index >= 15 is 0 Å². The molecule has 2 fully saturated rings. The molecule has 2 aliphatic rings. The van der Waals surface area contributed by atoms with Crippen molar-refractivity contribution in [3.8, 4) is 0 Å². The van der Waals surface area contributed by atoms with E-state index in [1.54, 1.807) is 0 Å². The number of benzene rings is 1. The number of carbonyl (C=O) groups excluding carboxylic acids is 2. The maximum Gasteiger partial charge on any atom is 0.315 e. The number of nitrogens with one attached hydrogen (secondary N) is 3. The lowest BCUT2D eigenvalue weighted by Crippen LogP contribution is -2.39. The maximum atomic E-state index is 11.9. The first-order chi connectivity index (χ1) is 13.7. The summed E-state index contributed by atoms with van der Waals surface area (Å²) in [6.45, 7) is 4.25. The molecule has 0 unspecified atom stereocenters. The molecule has 6 heteroatoms. The Hall–Kier alpha value is -2.08. The molecule has 3 N–H and O–H groups in total. The highest BCUT2D eigenvalue weighted by atomic mass is 16.2. The molecule has 1 saturated carbocycles. The van der Waals surface area contributed by atoms with Gasteiger partial charge in [-0.1, -0.05) is 43.5 Å². The van der Waals surface area contributed by atoms with Crippen molar-refractivity contribution < 1.29 is 9.59 Å². The molecular weight excluding hydrogens is 352 g/mol. The Morgan fingerprint density at radius 1 is 0.893 bits per heavy atom. The highest BCUT2D eigenvalue weighted by Gasteiger charge is 2.16. The first-order valence-corrected chi connectivity index (χ1v) is 10.8. The summed E-state index contributed by atoms with van der Waals surface area (Å²) in [5.41, 5.74) is 2.40. The number of carbonyl (C=O) groups is 2. The molecule has 1 saturated heterocycles. The second kappa shape index (κ2) is 11.1. The molecule has 1 aromatic carbocycles. The van der Waals surface area contributed by atoms with Crippen LogP contribution in [-0.2, 0) is 17.9 Å². The van der Waals surface area contributed by atoms with Gasteiger partial charge < -0.3 is 16.0 Å². The van der Waals surface area contributed by atoms with Gasteiger partial charge in [0.1, 0.15) is 0 Å². The van der Waals surface area contributed by atoms with Gasteiger partial charge in [0.05, 0.1) is 0 Å². The van der Waals surface area contributed by atoms with Crippen LogP contribution in [0.2, 0.25) is 0 Å². The van der Waals surface area contributed by atoms with Crippen molar-refractivity contribution in [2.24, 2.45) is 0 Å². The Morgan fingerprint density at radius 2 is 1.57 bits per heavy atom. The number of urea groups is 1. The average Bonchev–Trinajstić information content (AvgIpc) is 3.21. The van der Waals surface area contributed by atoms with Crippen LogP contribution >= 0.6 is 0 Å². The number of nitrogens with zero attached hydrogens (tertiary/aromatic N) is 1. The van der Waals surface area contributed by atoms with Crippen LogP contribution in [0.5, 0.6) is 0 Å². The fraction of sp³-hybridized carbons (Fsp3) is 0.636. The molecule has 0 aromatic heterocycles.